The lowest BCUT2D eigenvalue weighted by Gasteiger charge is -2.32. The van der Waals surface area contributed by atoms with Crippen molar-refractivity contribution >= 4 is 10.0 Å². The number of benzene rings is 2. The van der Waals surface area contributed by atoms with Crippen molar-refractivity contribution < 1.29 is 12.8 Å². The largest absolute Gasteiger partial charge is 0.303 e. The van der Waals surface area contributed by atoms with E-state index in [9.17, 15) is 12.8 Å². The van der Waals surface area contributed by atoms with Gasteiger partial charge in [-0.1, -0.05) is 30.3 Å². The van der Waals surface area contributed by atoms with E-state index in [0.29, 0.717) is 12.5 Å². The van der Waals surface area contributed by atoms with Crippen LogP contribution in [0.25, 0.3) is 0 Å². The highest BCUT2D eigenvalue weighted by Gasteiger charge is 2.21. The summed E-state index contributed by atoms with van der Waals surface area (Å²) in [6, 6.07) is 15.4. The van der Waals surface area contributed by atoms with Crippen LogP contribution in [0.15, 0.2) is 59.5 Å². The molecular weight excluding hydrogens is 351 g/mol. The molecule has 1 fully saturated rings. The summed E-state index contributed by atoms with van der Waals surface area (Å²) in [5.74, 6) is -0.0926. The van der Waals surface area contributed by atoms with E-state index >= 15 is 0 Å². The number of hydrogen-bond donors (Lipinski definition) is 1. The van der Waals surface area contributed by atoms with Crippen LogP contribution in [0.4, 0.5) is 4.39 Å². The van der Waals surface area contributed by atoms with Gasteiger partial charge in [-0.05, 0) is 68.1 Å². The second-order valence-corrected chi connectivity index (χ2v) is 8.59. The Morgan fingerprint density at radius 2 is 1.65 bits per heavy atom. The quantitative estimate of drug-likeness (QED) is 0.808. The number of likely N-dealkylation sites (tertiary alicyclic amines) is 1. The van der Waals surface area contributed by atoms with Gasteiger partial charge in [-0.15, -0.1) is 0 Å². The molecule has 1 saturated heterocycles. The van der Waals surface area contributed by atoms with Crippen molar-refractivity contribution in [1.82, 2.24) is 9.62 Å². The Bertz CT molecular complexity index is 786. The number of piperidine rings is 1. The van der Waals surface area contributed by atoms with Crippen LogP contribution in [0.5, 0.6) is 0 Å². The van der Waals surface area contributed by atoms with E-state index in [-0.39, 0.29) is 4.90 Å². The van der Waals surface area contributed by atoms with Gasteiger partial charge in [-0.3, -0.25) is 0 Å². The summed E-state index contributed by atoms with van der Waals surface area (Å²) >= 11 is 0. The molecule has 140 valence electrons. The minimum Gasteiger partial charge on any atom is -0.303 e. The number of halogens is 1. The number of nitrogens with one attached hydrogen (secondary N) is 1. The van der Waals surface area contributed by atoms with E-state index in [4.69, 9.17) is 0 Å². The van der Waals surface area contributed by atoms with Gasteiger partial charge in [0.25, 0.3) is 0 Å². The first-order chi connectivity index (χ1) is 12.5. The van der Waals surface area contributed by atoms with Crippen LogP contribution in [-0.2, 0) is 16.4 Å². The molecule has 1 N–H and O–H groups in total. The molecule has 0 amide bonds. The molecule has 26 heavy (non-hydrogen) atoms. The normalized spacial score (nSPS) is 16.7. The first-order valence-electron chi connectivity index (χ1n) is 9.04. The number of nitrogens with zero attached hydrogens (tertiary/aromatic N) is 1. The molecule has 2 aromatic rings. The first-order valence-corrected chi connectivity index (χ1v) is 10.5. The van der Waals surface area contributed by atoms with Gasteiger partial charge in [0.15, 0.2) is 0 Å². The molecule has 6 heteroatoms. The molecule has 4 nitrogen and oxygen atoms in total. The van der Waals surface area contributed by atoms with E-state index in [1.807, 2.05) is 6.07 Å². The van der Waals surface area contributed by atoms with Gasteiger partial charge in [-0.25, -0.2) is 17.5 Å². The Balaban J connectivity index is 1.42. The molecule has 1 aliphatic heterocycles. The fourth-order valence-corrected chi connectivity index (χ4v) is 4.39. The molecule has 0 bridgehead atoms. The zero-order valence-electron chi connectivity index (χ0n) is 14.8. The van der Waals surface area contributed by atoms with Crippen molar-refractivity contribution in [1.29, 1.82) is 0 Å². The SMILES string of the molecule is O=S(=O)(NCC1CCN(CCc2ccccc2)CC1)c1ccc(F)cc1. The van der Waals surface area contributed by atoms with Crippen molar-refractivity contribution in [3.63, 3.8) is 0 Å². The third-order valence-electron chi connectivity index (χ3n) is 4.95. The Kier molecular flexibility index (Phi) is 6.40. The number of rotatable bonds is 7. The molecule has 0 spiro atoms. The van der Waals surface area contributed by atoms with Crippen LogP contribution in [0.1, 0.15) is 18.4 Å². The minimum atomic E-state index is -3.57. The highest BCUT2D eigenvalue weighted by molar-refractivity contribution is 7.89. The van der Waals surface area contributed by atoms with E-state index < -0.39 is 15.8 Å². The van der Waals surface area contributed by atoms with Crippen LogP contribution < -0.4 is 4.72 Å². The van der Waals surface area contributed by atoms with Crippen molar-refractivity contribution in [3.05, 3.63) is 66.0 Å². The maximum atomic E-state index is 12.9. The van der Waals surface area contributed by atoms with Crippen molar-refractivity contribution in [2.75, 3.05) is 26.2 Å². The smallest absolute Gasteiger partial charge is 0.240 e. The van der Waals surface area contributed by atoms with Crippen molar-refractivity contribution in [2.24, 2.45) is 5.92 Å². The van der Waals surface area contributed by atoms with Crippen LogP contribution in [0.2, 0.25) is 0 Å². The van der Waals surface area contributed by atoms with E-state index in [1.54, 1.807) is 0 Å². The summed E-state index contributed by atoms with van der Waals surface area (Å²) in [6.45, 7) is 3.47. The van der Waals surface area contributed by atoms with Crippen molar-refractivity contribution in [3.8, 4) is 0 Å². The van der Waals surface area contributed by atoms with Crippen LogP contribution >= 0.6 is 0 Å². The maximum Gasteiger partial charge on any atom is 0.240 e. The molecule has 0 aromatic heterocycles. The van der Waals surface area contributed by atoms with E-state index in [2.05, 4.69) is 33.9 Å². The molecule has 2 aromatic carbocycles. The molecule has 1 aliphatic rings. The molecule has 0 unspecified atom stereocenters. The summed E-state index contributed by atoms with van der Waals surface area (Å²) in [7, 11) is -3.57. The van der Waals surface area contributed by atoms with Gasteiger partial charge in [0, 0.05) is 13.1 Å². The average molecular weight is 376 g/mol. The van der Waals surface area contributed by atoms with Gasteiger partial charge in [0.1, 0.15) is 5.82 Å². The zero-order valence-corrected chi connectivity index (χ0v) is 15.6. The van der Waals surface area contributed by atoms with Gasteiger partial charge < -0.3 is 4.90 Å². The first kappa shape index (κ1) is 19.0. The predicted octanol–water partition coefficient (Wildman–Crippen LogP) is 3.06. The number of hydrogen-bond acceptors (Lipinski definition) is 3. The fourth-order valence-electron chi connectivity index (χ4n) is 3.27. The molecule has 0 atom stereocenters. The summed E-state index contributed by atoms with van der Waals surface area (Å²) < 4.78 is 40.1. The minimum absolute atomic E-state index is 0.110. The lowest BCUT2D eigenvalue weighted by molar-refractivity contribution is 0.187. The summed E-state index contributed by atoms with van der Waals surface area (Å²) in [5, 5.41) is 0. The van der Waals surface area contributed by atoms with Gasteiger partial charge in [0.05, 0.1) is 4.90 Å². The predicted molar refractivity (Wildman–Crippen MR) is 101 cm³/mol. The van der Waals surface area contributed by atoms with Crippen LogP contribution in [-0.4, -0.2) is 39.5 Å². The lowest BCUT2D eigenvalue weighted by atomic mass is 9.97. The Hall–Kier alpha value is -1.76. The highest BCUT2D eigenvalue weighted by Crippen LogP contribution is 2.18. The van der Waals surface area contributed by atoms with E-state index in [0.717, 1.165) is 38.9 Å². The standard InChI is InChI=1S/C20H25FN2O2S/c21-19-6-8-20(9-7-19)26(24,25)22-16-18-11-14-23(15-12-18)13-10-17-4-2-1-3-5-17/h1-9,18,22H,10-16H2. The molecule has 0 saturated carbocycles. The average Bonchev–Trinajstić information content (AvgIpc) is 2.67. The zero-order chi connectivity index (χ0) is 18.4. The number of sulfonamides is 1. The monoisotopic (exact) mass is 376 g/mol. The highest BCUT2D eigenvalue weighted by atomic mass is 32.2. The summed E-state index contributed by atoms with van der Waals surface area (Å²) in [5.41, 5.74) is 1.35. The summed E-state index contributed by atoms with van der Waals surface area (Å²) in [6.07, 6.45) is 3.02. The molecule has 0 aliphatic carbocycles. The Morgan fingerprint density at radius 3 is 2.31 bits per heavy atom. The van der Waals surface area contributed by atoms with Crippen LogP contribution in [0, 0.1) is 11.7 Å². The van der Waals surface area contributed by atoms with Crippen molar-refractivity contribution in [2.45, 2.75) is 24.2 Å². The fraction of sp³-hybridized carbons (Fsp3) is 0.400. The summed E-state index contributed by atoms with van der Waals surface area (Å²) in [4.78, 5) is 2.55. The van der Waals surface area contributed by atoms with Crippen LogP contribution in [0.3, 0.4) is 0 Å². The van der Waals surface area contributed by atoms with Gasteiger partial charge in [-0.2, -0.15) is 0 Å². The molecule has 1 heterocycles. The lowest BCUT2D eigenvalue weighted by Crippen LogP contribution is -2.39. The molecule has 0 radical (unpaired) electrons. The van der Waals surface area contributed by atoms with Gasteiger partial charge >= 0.3 is 0 Å². The Labute approximate surface area is 155 Å². The third kappa shape index (κ3) is 5.37. The topological polar surface area (TPSA) is 49.4 Å². The second kappa shape index (κ2) is 8.75. The second-order valence-electron chi connectivity index (χ2n) is 6.83. The van der Waals surface area contributed by atoms with E-state index in [1.165, 1.54) is 29.8 Å². The van der Waals surface area contributed by atoms with Gasteiger partial charge in [0.2, 0.25) is 10.0 Å². The molecular formula is C20H25FN2O2S. The molecule has 3 rings (SSSR count). The third-order valence-corrected chi connectivity index (χ3v) is 6.39. The Morgan fingerprint density at radius 1 is 1.00 bits per heavy atom. The maximum absolute atomic E-state index is 12.9.